The lowest BCUT2D eigenvalue weighted by Gasteiger charge is -2.14. The molecule has 0 radical (unpaired) electrons. The third kappa shape index (κ3) is 3.66. The van der Waals surface area contributed by atoms with Gasteiger partial charge in [-0.3, -0.25) is 0 Å². The minimum Gasteiger partial charge on any atom is -0.455 e. The second-order valence-corrected chi connectivity index (χ2v) is 5.34. The molecular weight excluding hydrogens is 293 g/mol. The van der Waals surface area contributed by atoms with Crippen molar-refractivity contribution in [1.29, 1.82) is 0 Å². The Kier molecular flexibility index (Phi) is 5.30. The fraction of sp³-hybridized carbons (Fsp3) is 0.250. The summed E-state index contributed by atoms with van der Waals surface area (Å²) in [5.74, 6) is 1.43. The van der Waals surface area contributed by atoms with Crippen LogP contribution in [0.4, 0.5) is 0 Å². The molecule has 1 N–H and O–H groups in total. The minimum atomic E-state index is 0.605. The highest BCUT2D eigenvalue weighted by atomic mass is 35.5. The van der Waals surface area contributed by atoms with E-state index in [1.165, 1.54) is 0 Å². The zero-order valence-electron chi connectivity index (χ0n) is 11.5. The van der Waals surface area contributed by atoms with Crippen LogP contribution >= 0.6 is 23.2 Å². The topological polar surface area (TPSA) is 21.3 Å². The molecule has 0 saturated carbocycles. The van der Waals surface area contributed by atoms with Crippen LogP contribution in [0.15, 0.2) is 36.4 Å². The van der Waals surface area contributed by atoms with Gasteiger partial charge in [-0.2, -0.15) is 0 Å². The second kappa shape index (κ2) is 6.98. The van der Waals surface area contributed by atoms with Crippen LogP contribution in [-0.4, -0.2) is 6.54 Å². The van der Waals surface area contributed by atoms with Gasteiger partial charge in [-0.1, -0.05) is 42.3 Å². The van der Waals surface area contributed by atoms with E-state index in [0.717, 1.165) is 35.0 Å². The number of benzene rings is 2. The quantitative estimate of drug-likeness (QED) is 0.819. The van der Waals surface area contributed by atoms with E-state index < -0.39 is 0 Å². The van der Waals surface area contributed by atoms with E-state index in [2.05, 4.69) is 12.2 Å². The van der Waals surface area contributed by atoms with E-state index in [-0.39, 0.29) is 0 Å². The van der Waals surface area contributed by atoms with Crippen molar-refractivity contribution < 1.29 is 4.74 Å². The van der Waals surface area contributed by atoms with Crippen LogP contribution in [-0.2, 0) is 6.54 Å². The summed E-state index contributed by atoms with van der Waals surface area (Å²) in [6.45, 7) is 5.62. The normalized spacial score (nSPS) is 10.6. The maximum absolute atomic E-state index is 6.25. The second-order valence-electron chi connectivity index (χ2n) is 4.52. The minimum absolute atomic E-state index is 0.605. The van der Waals surface area contributed by atoms with Crippen molar-refractivity contribution in [2.24, 2.45) is 0 Å². The highest BCUT2D eigenvalue weighted by Crippen LogP contribution is 2.34. The average Bonchev–Trinajstić information content (AvgIpc) is 2.43. The van der Waals surface area contributed by atoms with Crippen LogP contribution in [0.3, 0.4) is 0 Å². The SMILES string of the molecule is CCNCc1cccc(Cl)c1Oc1ccc(Cl)c(C)c1. The van der Waals surface area contributed by atoms with E-state index >= 15 is 0 Å². The van der Waals surface area contributed by atoms with Gasteiger partial charge < -0.3 is 10.1 Å². The lowest BCUT2D eigenvalue weighted by molar-refractivity contribution is 0.473. The van der Waals surface area contributed by atoms with Crippen molar-refractivity contribution in [3.8, 4) is 11.5 Å². The van der Waals surface area contributed by atoms with Crippen LogP contribution in [0.25, 0.3) is 0 Å². The number of halogens is 2. The number of aryl methyl sites for hydroxylation is 1. The molecule has 0 aliphatic rings. The van der Waals surface area contributed by atoms with Crippen molar-refractivity contribution in [2.45, 2.75) is 20.4 Å². The molecule has 0 atom stereocenters. The van der Waals surface area contributed by atoms with Crippen molar-refractivity contribution in [2.75, 3.05) is 6.54 Å². The summed E-state index contributed by atoms with van der Waals surface area (Å²) in [6.07, 6.45) is 0. The van der Waals surface area contributed by atoms with Gasteiger partial charge in [0.2, 0.25) is 0 Å². The standard InChI is InChI=1S/C16H17Cl2NO/c1-3-19-10-12-5-4-6-15(18)16(12)20-13-7-8-14(17)11(2)9-13/h4-9,19H,3,10H2,1-2H3. The molecule has 0 bridgehead atoms. The Morgan fingerprint density at radius 1 is 1.10 bits per heavy atom. The van der Waals surface area contributed by atoms with Gasteiger partial charge >= 0.3 is 0 Å². The maximum Gasteiger partial charge on any atom is 0.150 e. The lowest BCUT2D eigenvalue weighted by atomic mass is 10.2. The molecule has 0 aliphatic carbocycles. The van der Waals surface area contributed by atoms with Crippen LogP contribution < -0.4 is 10.1 Å². The largest absolute Gasteiger partial charge is 0.455 e. The van der Waals surface area contributed by atoms with Gasteiger partial charge in [0.05, 0.1) is 5.02 Å². The van der Waals surface area contributed by atoms with E-state index in [0.29, 0.717) is 10.8 Å². The molecule has 0 heterocycles. The van der Waals surface area contributed by atoms with Crippen LogP contribution in [0.1, 0.15) is 18.1 Å². The van der Waals surface area contributed by atoms with E-state index in [1.54, 1.807) is 0 Å². The van der Waals surface area contributed by atoms with E-state index in [4.69, 9.17) is 27.9 Å². The first kappa shape index (κ1) is 15.2. The predicted octanol–water partition coefficient (Wildman–Crippen LogP) is 5.20. The molecular formula is C16H17Cl2NO. The van der Waals surface area contributed by atoms with Gasteiger partial charge in [0.1, 0.15) is 11.5 Å². The third-order valence-corrected chi connectivity index (χ3v) is 3.69. The molecule has 0 spiro atoms. The van der Waals surface area contributed by atoms with Gasteiger partial charge in [0.15, 0.2) is 0 Å². The summed E-state index contributed by atoms with van der Waals surface area (Å²) in [4.78, 5) is 0. The number of hydrogen-bond donors (Lipinski definition) is 1. The van der Waals surface area contributed by atoms with Gasteiger partial charge in [-0.05, 0) is 43.3 Å². The van der Waals surface area contributed by atoms with Crippen LogP contribution in [0.2, 0.25) is 10.0 Å². The number of para-hydroxylation sites is 1. The lowest BCUT2D eigenvalue weighted by Crippen LogP contribution is -2.12. The van der Waals surface area contributed by atoms with Crippen molar-refractivity contribution in [3.05, 3.63) is 57.6 Å². The Hall–Kier alpha value is -1.22. The molecule has 2 nitrogen and oxygen atoms in total. The summed E-state index contributed by atoms with van der Waals surface area (Å²) < 4.78 is 5.94. The molecule has 0 saturated heterocycles. The Balaban J connectivity index is 2.29. The van der Waals surface area contributed by atoms with Crippen molar-refractivity contribution >= 4 is 23.2 Å². The van der Waals surface area contributed by atoms with Crippen LogP contribution in [0, 0.1) is 6.92 Å². The van der Waals surface area contributed by atoms with Gasteiger partial charge in [0.25, 0.3) is 0 Å². The maximum atomic E-state index is 6.25. The summed E-state index contributed by atoms with van der Waals surface area (Å²) in [6, 6.07) is 11.3. The van der Waals surface area contributed by atoms with Gasteiger partial charge in [0, 0.05) is 17.1 Å². The van der Waals surface area contributed by atoms with Gasteiger partial charge in [-0.25, -0.2) is 0 Å². The van der Waals surface area contributed by atoms with E-state index in [9.17, 15) is 0 Å². The zero-order valence-corrected chi connectivity index (χ0v) is 13.1. The fourth-order valence-electron chi connectivity index (χ4n) is 1.87. The number of ether oxygens (including phenoxy) is 1. The summed E-state index contributed by atoms with van der Waals surface area (Å²) in [7, 11) is 0. The Morgan fingerprint density at radius 3 is 2.60 bits per heavy atom. The van der Waals surface area contributed by atoms with Crippen molar-refractivity contribution in [3.63, 3.8) is 0 Å². The molecule has 20 heavy (non-hydrogen) atoms. The van der Waals surface area contributed by atoms with Gasteiger partial charge in [-0.15, -0.1) is 0 Å². The Bertz CT molecular complexity index is 599. The molecule has 2 rings (SSSR count). The highest BCUT2D eigenvalue weighted by Gasteiger charge is 2.10. The Morgan fingerprint density at radius 2 is 1.90 bits per heavy atom. The molecule has 4 heteroatoms. The van der Waals surface area contributed by atoms with Crippen molar-refractivity contribution in [1.82, 2.24) is 5.32 Å². The molecule has 106 valence electrons. The zero-order chi connectivity index (χ0) is 14.5. The first-order valence-electron chi connectivity index (χ1n) is 6.54. The molecule has 0 aliphatic heterocycles. The van der Waals surface area contributed by atoms with E-state index in [1.807, 2.05) is 43.3 Å². The van der Waals surface area contributed by atoms with Crippen LogP contribution in [0.5, 0.6) is 11.5 Å². The molecule has 0 unspecified atom stereocenters. The highest BCUT2D eigenvalue weighted by molar-refractivity contribution is 6.32. The molecule has 0 amide bonds. The number of nitrogens with one attached hydrogen (secondary N) is 1. The summed E-state index contributed by atoms with van der Waals surface area (Å²) in [5, 5.41) is 4.61. The molecule has 0 fully saturated rings. The average molecular weight is 310 g/mol. The Labute approximate surface area is 129 Å². The summed E-state index contributed by atoms with van der Waals surface area (Å²) in [5.41, 5.74) is 2.01. The molecule has 2 aromatic carbocycles. The molecule has 0 aromatic heterocycles. The predicted molar refractivity (Wildman–Crippen MR) is 85.1 cm³/mol. The molecule has 2 aromatic rings. The first-order chi connectivity index (χ1) is 9.61. The third-order valence-electron chi connectivity index (χ3n) is 2.96. The smallest absolute Gasteiger partial charge is 0.150 e. The summed E-state index contributed by atoms with van der Waals surface area (Å²) >= 11 is 12.3. The monoisotopic (exact) mass is 309 g/mol. The number of rotatable bonds is 5. The first-order valence-corrected chi connectivity index (χ1v) is 7.29. The fourth-order valence-corrected chi connectivity index (χ4v) is 2.22. The number of hydrogen-bond acceptors (Lipinski definition) is 2.